The van der Waals surface area contributed by atoms with Gasteiger partial charge in [0.25, 0.3) is 0 Å². The molecular formula is C23H26N4O2. The highest BCUT2D eigenvalue weighted by Crippen LogP contribution is 2.19. The van der Waals surface area contributed by atoms with Crippen LogP contribution in [0.1, 0.15) is 43.5 Å². The van der Waals surface area contributed by atoms with Gasteiger partial charge in [-0.1, -0.05) is 13.0 Å². The zero-order valence-corrected chi connectivity index (χ0v) is 17.1. The Hall–Kier alpha value is -3.17. The summed E-state index contributed by atoms with van der Waals surface area (Å²) in [5.74, 6) is 1.08. The fourth-order valence-corrected chi connectivity index (χ4v) is 3.60. The fourth-order valence-electron chi connectivity index (χ4n) is 3.60. The van der Waals surface area contributed by atoms with E-state index in [0.717, 1.165) is 29.1 Å². The van der Waals surface area contributed by atoms with Crippen LogP contribution in [-0.4, -0.2) is 23.9 Å². The monoisotopic (exact) mass is 390 g/mol. The van der Waals surface area contributed by atoms with Crippen molar-refractivity contribution >= 4 is 11.9 Å². The quantitative estimate of drug-likeness (QED) is 0.535. The highest BCUT2D eigenvalue weighted by Gasteiger charge is 2.17. The smallest absolute Gasteiger partial charge is 0.217 e. The molecule has 0 bridgehead atoms. The number of nitrogens with one attached hydrogen (secondary N) is 2. The molecule has 1 unspecified atom stereocenters. The van der Waals surface area contributed by atoms with Crippen molar-refractivity contribution in [1.29, 1.82) is 5.26 Å². The Balaban J connectivity index is 2.00. The number of ether oxygens (including phenoxy) is 1. The first kappa shape index (κ1) is 20.6. The fraction of sp³-hybridized carbons (Fsp3) is 0.348. The lowest BCUT2D eigenvalue weighted by Gasteiger charge is -2.16. The molecule has 0 spiro atoms. The summed E-state index contributed by atoms with van der Waals surface area (Å²) in [6.45, 7) is 6.98. The molecule has 1 aromatic heterocycles. The van der Waals surface area contributed by atoms with Crippen LogP contribution >= 0.6 is 0 Å². The summed E-state index contributed by atoms with van der Waals surface area (Å²) >= 11 is 0. The molecule has 0 fully saturated rings. The van der Waals surface area contributed by atoms with Crippen molar-refractivity contribution in [2.45, 2.75) is 46.1 Å². The number of fused-ring (bicyclic) bond motifs is 1. The number of nitrogens with zero attached hydrogens (tertiary/aromatic N) is 2. The number of nitriles is 1. The van der Waals surface area contributed by atoms with Gasteiger partial charge in [0, 0.05) is 29.9 Å². The Morgan fingerprint density at radius 2 is 2.28 bits per heavy atom. The van der Waals surface area contributed by atoms with Gasteiger partial charge in [0.2, 0.25) is 5.88 Å². The molecule has 0 saturated heterocycles. The number of aromatic nitrogens is 1. The van der Waals surface area contributed by atoms with E-state index in [0.29, 0.717) is 36.6 Å². The van der Waals surface area contributed by atoms with Gasteiger partial charge in [0.1, 0.15) is 17.5 Å². The lowest BCUT2D eigenvalue weighted by molar-refractivity contribution is -0.107. The van der Waals surface area contributed by atoms with E-state index < -0.39 is 0 Å². The number of aryl methyl sites for hydroxylation is 1. The van der Waals surface area contributed by atoms with Crippen molar-refractivity contribution in [2.24, 2.45) is 4.99 Å². The Kier molecular flexibility index (Phi) is 6.63. The summed E-state index contributed by atoms with van der Waals surface area (Å²) in [4.78, 5) is 18.8. The third kappa shape index (κ3) is 4.64. The number of H-pyrrole nitrogens is 1. The number of hydrogen-bond donors (Lipinski definition) is 2. The van der Waals surface area contributed by atoms with Crippen LogP contribution in [0.2, 0.25) is 0 Å². The molecule has 2 heterocycles. The minimum atomic E-state index is 0.0978. The van der Waals surface area contributed by atoms with E-state index in [2.05, 4.69) is 37.1 Å². The van der Waals surface area contributed by atoms with E-state index in [4.69, 9.17) is 15.0 Å². The molecular weight excluding hydrogens is 364 g/mol. The number of aromatic amines is 1. The van der Waals surface area contributed by atoms with Gasteiger partial charge >= 0.3 is 0 Å². The van der Waals surface area contributed by atoms with Gasteiger partial charge in [0.05, 0.1) is 11.6 Å². The van der Waals surface area contributed by atoms with Gasteiger partial charge in [-0.05, 0) is 62.1 Å². The number of allylic oxidation sites excluding steroid dienone is 1. The van der Waals surface area contributed by atoms with Gasteiger partial charge in [-0.25, -0.2) is 0 Å². The molecule has 1 aliphatic heterocycles. The summed E-state index contributed by atoms with van der Waals surface area (Å²) in [5.41, 5.74) is 4.91. The molecule has 0 saturated carbocycles. The number of aldehydes is 1. The van der Waals surface area contributed by atoms with Crippen molar-refractivity contribution in [1.82, 2.24) is 10.3 Å². The van der Waals surface area contributed by atoms with Gasteiger partial charge in [-0.15, -0.1) is 0 Å². The molecule has 0 radical (unpaired) electrons. The molecule has 2 aromatic rings. The minimum absolute atomic E-state index is 0.0978. The molecule has 2 N–H and O–H groups in total. The lowest BCUT2D eigenvalue weighted by atomic mass is 10.0. The largest absolute Gasteiger partial charge is 0.439 e. The second-order valence-corrected chi connectivity index (χ2v) is 7.06. The van der Waals surface area contributed by atoms with Gasteiger partial charge in [-0.3, -0.25) is 0 Å². The molecule has 1 aliphatic rings. The summed E-state index contributed by atoms with van der Waals surface area (Å²) < 4.78 is 5.99. The van der Waals surface area contributed by atoms with Crippen LogP contribution in [0.3, 0.4) is 0 Å². The Bertz CT molecular complexity index is 1090. The first-order valence-electron chi connectivity index (χ1n) is 9.91. The van der Waals surface area contributed by atoms with Crippen molar-refractivity contribution in [2.75, 3.05) is 6.54 Å². The maximum Gasteiger partial charge on any atom is 0.217 e. The topological polar surface area (TPSA) is 90.3 Å². The molecule has 1 atom stereocenters. The Morgan fingerprint density at radius 3 is 3.00 bits per heavy atom. The normalized spacial score (nSPS) is 14.1. The van der Waals surface area contributed by atoms with Crippen LogP contribution in [0.4, 0.5) is 0 Å². The highest BCUT2D eigenvalue weighted by molar-refractivity contribution is 5.55. The second kappa shape index (κ2) is 9.35. The van der Waals surface area contributed by atoms with E-state index in [1.165, 1.54) is 11.1 Å². The zero-order valence-electron chi connectivity index (χ0n) is 17.1. The highest BCUT2D eigenvalue weighted by atomic mass is 16.5. The van der Waals surface area contributed by atoms with Gasteiger partial charge in [0.15, 0.2) is 0 Å². The number of carbonyl (C=O) groups excluding carboxylic acids is 1. The number of rotatable bonds is 8. The van der Waals surface area contributed by atoms with Crippen molar-refractivity contribution in [3.8, 4) is 11.8 Å². The van der Waals surface area contributed by atoms with E-state index in [1.807, 2.05) is 12.1 Å². The molecule has 0 aliphatic carbocycles. The van der Waals surface area contributed by atoms with Crippen LogP contribution in [-0.2, 0) is 11.2 Å². The van der Waals surface area contributed by atoms with E-state index >= 15 is 0 Å². The van der Waals surface area contributed by atoms with Crippen LogP contribution in [0.5, 0.6) is 5.75 Å². The molecule has 1 aromatic carbocycles. The van der Waals surface area contributed by atoms with Crippen LogP contribution in [0, 0.1) is 18.3 Å². The number of carbonyl (C=O) groups is 1. The third-order valence-corrected chi connectivity index (χ3v) is 5.15. The lowest BCUT2D eigenvalue weighted by Crippen LogP contribution is -2.36. The maximum atomic E-state index is 10.7. The van der Waals surface area contributed by atoms with Crippen LogP contribution in [0.25, 0.3) is 5.57 Å². The minimum Gasteiger partial charge on any atom is -0.439 e. The predicted molar refractivity (Wildman–Crippen MR) is 112 cm³/mol. The van der Waals surface area contributed by atoms with Gasteiger partial charge < -0.3 is 19.8 Å². The van der Waals surface area contributed by atoms with Crippen molar-refractivity contribution in [3.63, 3.8) is 0 Å². The van der Waals surface area contributed by atoms with E-state index in [9.17, 15) is 4.79 Å². The molecule has 150 valence electrons. The predicted octanol–water partition coefficient (Wildman–Crippen LogP) is 2.42. The standard InChI is InChI=1S/C23H26N4O2/c1-4-20-15(2)22-19(16(3)25-11-6-12-28)9-10-21(27-23(22)26-20)29-18-8-5-7-17(13-18)14-24/h5,7-8,10,12-13,16,25H,4,6,9,11H2,1-3H3,(H,26,27). The first-order chi connectivity index (χ1) is 14.1. The average molecular weight is 390 g/mol. The average Bonchev–Trinajstić information content (AvgIpc) is 2.92. The summed E-state index contributed by atoms with van der Waals surface area (Å²) in [6.07, 6.45) is 4.95. The van der Waals surface area contributed by atoms with Crippen molar-refractivity contribution in [3.05, 3.63) is 63.8 Å². The summed E-state index contributed by atoms with van der Waals surface area (Å²) in [7, 11) is 0. The number of benzene rings is 1. The summed E-state index contributed by atoms with van der Waals surface area (Å²) in [5, 5.41) is 13.7. The van der Waals surface area contributed by atoms with Crippen molar-refractivity contribution < 1.29 is 9.53 Å². The summed E-state index contributed by atoms with van der Waals surface area (Å²) in [6, 6.07) is 9.27. The van der Waals surface area contributed by atoms with Crippen LogP contribution < -0.4 is 20.8 Å². The Labute approximate surface area is 170 Å². The zero-order chi connectivity index (χ0) is 20.8. The van der Waals surface area contributed by atoms with E-state index in [1.54, 1.807) is 18.2 Å². The maximum absolute atomic E-state index is 10.7. The molecule has 3 rings (SSSR count). The van der Waals surface area contributed by atoms with E-state index in [-0.39, 0.29) is 6.04 Å². The molecule has 6 nitrogen and oxygen atoms in total. The Morgan fingerprint density at radius 1 is 1.45 bits per heavy atom. The van der Waals surface area contributed by atoms with Crippen LogP contribution in [0.15, 0.2) is 41.2 Å². The SMILES string of the molecule is CCc1[nH]c2c(c1C)=C(C(C)NCCC=O)CC=C(Oc1cccc(C#N)c1)N=2. The second-order valence-electron chi connectivity index (χ2n) is 7.06. The third-order valence-electron chi connectivity index (χ3n) is 5.15. The number of hydrogen-bond acceptors (Lipinski definition) is 5. The molecule has 6 heteroatoms. The first-order valence-corrected chi connectivity index (χ1v) is 9.91. The molecule has 29 heavy (non-hydrogen) atoms. The molecule has 0 amide bonds. The van der Waals surface area contributed by atoms with Gasteiger partial charge in [-0.2, -0.15) is 10.3 Å².